The Morgan fingerprint density at radius 2 is 1.97 bits per heavy atom. The Morgan fingerprint density at radius 3 is 2.77 bits per heavy atom. The predicted molar refractivity (Wildman–Crippen MR) is 117 cm³/mol. The van der Waals surface area contributed by atoms with Gasteiger partial charge in [0.05, 0.1) is 4.91 Å². The van der Waals surface area contributed by atoms with Crippen molar-refractivity contribution in [2.24, 2.45) is 0 Å². The second kappa shape index (κ2) is 8.21. The van der Waals surface area contributed by atoms with Crippen molar-refractivity contribution in [1.82, 2.24) is 4.90 Å². The van der Waals surface area contributed by atoms with Gasteiger partial charge in [-0.05, 0) is 36.4 Å². The van der Waals surface area contributed by atoms with E-state index in [-0.39, 0.29) is 21.3 Å². The van der Waals surface area contributed by atoms with Crippen molar-refractivity contribution in [3.05, 3.63) is 81.3 Å². The van der Waals surface area contributed by atoms with Crippen LogP contribution in [0.5, 0.6) is 0 Å². The fraction of sp³-hybridized carbons (Fsp3) is 0.0476. The van der Waals surface area contributed by atoms with Crippen molar-refractivity contribution < 1.29 is 18.4 Å². The van der Waals surface area contributed by atoms with Gasteiger partial charge >= 0.3 is 5.63 Å². The van der Waals surface area contributed by atoms with E-state index in [1.165, 1.54) is 23.1 Å². The summed E-state index contributed by atoms with van der Waals surface area (Å²) in [5.41, 5.74) is 0.687. The molecule has 0 bridgehead atoms. The summed E-state index contributed by atoms with van der Waals surface area (Å²) in [7, 11) is 0. The SMILES string of the molecule is O=C(CN1C(=O)/C(=C\c2ccccc2F)SC1=S)Nc1ccc2oc(=O)ccc2c1. The zero-order valence-corrected chi connectivity index (χ0v) is 16.9. The molecule has 6 nitrogen and oxygen atoms in total. The second-order valence-electron chi connectivity index (χ2n) is 6.34. The summed E-state index contributed by atoms with van der Waals surface area (Å²) in [6.07, 6.45) is 1.42. The fourth-order valence-corrected chi connectivity index (χ4v) is 4.11. The van der Waals surface area contributed by atoms with Gasteiger partial charge in [0.1, 0.15) is 22.3 Å². The van der Waals surface area contributed by atoms with Crippen LogP contribution in [0.1, 0.15) is 5.56 Å². The lowest BCUT2D eigenvalue weighted by Crippen LogP contribution is -2.36. The second-order valence-corrected chi connectivity index (χ2v) is 8.02. The standard InChI is InChI=1S/C21H13FN2O4S2/c22-15-4-2-1-3-12(15)10-17-20(27)24(21(29)30-17)11-18(25)23-14-6-7-16-13(9-14)5-8-19(26)28-16/h1-10H,11H2,(H,23,25)/b17-10+. The highest BCUT2D eigenvalue weighted by Gasteiger charge is 2.33. The lowest BCUT2D eigenvalue weighted by atomic mass is 10.2. The van der Waals surface area contributed by atoms with Crippen molar-refractivity contribution in [2.75, 3.05) is 11.9 Å². The first-order valence-electron chi connectivity index (χ1n) is 8.74. The third-order valence-electron chi connectivity index (χ3n) is 4.27. The normalized spacial score (nSPS) is 15.2. The van der Waals surface area contributed by atoms with Crippen LogP contribution in [0.25, 0.3) is 17.0 Å². The summed E-state index contributed by atoms with van der Waals surface area (Å²) in [4.78, 5) is 37.7. The van der Waals surface area contributed by atoms with E-state index in [1.807, 2.05) is 0 Å². The summed E-state index contributed by atoms with van der Waals surface area (Å²) in [6, 6.07) is 13.8. The number of hydrogen-bond acceptors (Lipinski definition) is 6. The number of amides is 2. The minimum atomic E-state index is -0.461. The molecule has 0 atom stereocenters. The van der Waals surface area contributed by atoms with Gasteiger partial charge in [-0.25, -0.2) is 9.18 Å². The number of halogens is 1. The quantitative estimate of drug-likeness (QED) is 0.378. The Kier molecular flexibility index (Phi) is 5.47. The summed E-state index contributed by atoms with van der Waals surface area (Å²) in [5, 5.41) is 3.33. The average molecular weight is 440 g/mol. The largest absolute Gasteiger partial charge is 0.423 e. The number of fused-ring (bicyclic) bond motifs is 1. The number of nitrogens with zero attached hydrogens (tertiary/aromatic N) is 1. The molecule has 1 aliphatic rings. The van der Waals surface area contributed by atoms with Gasteiger partial charge in [0, 0.05) is 22.7 Å². The molecule has 0 unspecified atom stereocenters. The molecule has 3 aromatic rings. The molecule has 2 amide bonds. The van der Waals surface area contributed by atoms with E-state index in [0.717, 1.165) is 11.8 Å². The van der Waals surface area contributed by atoms with Crippen LogP contribution in [0.15, 0.2) is 68.7 Å². The fourth-order valence-electron chi connectivity index (χ4n) is 2.86. The minimum absolute atomic E-state index is 0.220. The third kappa shape index (κ3) is 4.17. The first-order chi connectivity index (χ1) is 14.4. The molecule has 0 spiro atoms. The monoisotopic (exact) mass is 440 g/mol. The van der Waals surface area contributed by atoms with Crippen LogP contribution < -0.4 is 10.9 Å². The van der Waals surface area contributed by atoms with Gasteiger partial charge in [-0.3, -0.25) is 14.5 Å². The molecule has 1 fully saturated rings. The molecule has 1 N–H and O–H groups in total. The van der Waals surface area contributed by atoms with Gasteiger partial charge in [-0.2, -0.15) is 0 Å². The highest BCUT2D eigenvalue weighted by molar-refractivity contribution is 8.26. The lowest BCUT2D eigenvalue weighted by Gasteiger charge is -2.14. The lowest BCUT2D eigenvalue weighted by molar-refractivity contribution is -0.126. The zero-order chi connectivity index (χ0) is 21.3. The maximum absolute atomic E-state index is 13.9. The summed E-state index contributed by atoms with van der Waals surface area (Å²) in [6.45, 7) is -0.277. The Balaban J connectivity index is 1.47. The zero-order valence-electron chi connectivity index (χ0n) is 15.3. The maximum atomic E-state index is 13.9. The van der Waals surface area contributed by atoms with E-state index in [2.05, 4.69) is 5.32 Å². The molecule has 2 heterocycles. The van der Waals surface area contributed by atoms with Crippen LogP contribution in [0.3, 0.4) is 0 Å². The molecular weight excluding hydrogens is 427 g/mol. The van der Waals surface area contributed by atoms with Crippen molar-refractivity contribution in [2.45, 2.75) is 0 Å². The Hall–Kier alpha value is -3.30. The van der Waals surface area contributed by atoms with Crippen LogP contribution >= 0.6 is 24.0 Å². The van der Waals surface area contributed by atoms with E-state index < -0.39 is 23.3 Å². The van der Waals surface area contributed by atoms with Crippen LogP contribution in [0, 0.1) is 5.82 Å². The van der Waals surface area contributed by atoms with Crippen molar-refractivity contribution >= 4 is 62.8 Å². The number of thioether (sulfide) groups is 1. The molecule has 2 aromatic carbocycles. The van der Waals surface area contributed by atoms with E-state index >= 15 is 0 Å². The van der Waals surface area contributed by atoms with Crippen molar-refractivity contribution in [1.29, 1.82) is 0 Å². The van der Waals surface area contributed by atoms with Gasteiger partial charge < -0.3 is 9.73 Å². The highest BCUT2D eigenvalue weighted by atomic mass is 32.2. The van der Waals surface area contributed by atoms with Crippen LogP contribution in [-0.4, -0.2) is 27.6 Å². The van der Waals surface area contributed by atoms with E-state index in [0.29, 0.717) is 16.7 Å². The molecule has 150 valence electrons. The molecular formula is C21H13FN2O4S2. The Bertz CT molecular complexity index is 1290. The van der Waals surface area contributed by atoms with E-state index in [1.54, 1.807) is 42.5 Å². The van der Waals surface area contributed by atoms with Gasteiger partial charge in [0.2, 0.25) is 5.91 Å². The molecule has 1 aromatic heterocycles. The number of rotatable bonds is 4. The number of carbonyl (C=O) groups excluding carboxylic acids is 2. The van der Waals surface area contributed by atoms with Crippen LogP contribution in [0.4, 0.5) is 10.1 Å². The molecule has 4 rings (SSSR count). The Labute approximate surface area is 179 Å². The number of thiocarbonyl (C=S) groups is 1. The maximum Gasteiger partial charge on any atom is 0.336 e. The summed E-state index contributed by atoms with van der Waals surface area (Å²) < 4.78 is 19.1. The molecule has 0 radical (unpaired) electrons. The topological polar surface area (TPSA) is 79.6 Å². The number of carbonyl (C=O) groups is 2. The summed E-state index contributed by atoms with van der Waals surface area (Å²) in [5.74, 6) is -1.36. The third-order valence-corrected chi connectivity index (χ3v) is 5.65. The van der Waals surface area contributed by atoms with Crippen LogP contribution in [-0.2, 0) is 9.59 Å². The summed E-state index contributed by atoms with van der Waals surface area (Å²) >= 11 is 6.23. The van der Waals surface area contributed by atoms with Gasteiger partial charge in [-0.1, -0.05) is 42.2 Å². The number of hydrogen-bond donors (Lipinski definition) is 1. The number of anilines is 1. The van der Waals surface area contributed by atoms with E-state index in [4.69, 9.17) is 16.6 Å². The predicted octanol–water partition coefficient (Wildman–Crippen LogP) is 3.77. The number of nitrogens with one attached hydrogen (secondary N) is 1. The Morgan fingerprint density at radius 1 is 1.17 bits per heavy atom. The highest BCUT2D eigenvalue weighted by Crippen LogP contribution is 2.32. The minimum Gasteiger partial charge on any atom is -0.423 e. The molecule has 1 aliphatic heterocycles. The molecule has 0 saturated carbocycles. The van der Waals surface area contributed by atoms with Crippen molar-refractivity contribution in [3.63, 3.8) is 0 Å². The molecule has 30 heavy (non-hydrogen) atoms. The number of benzene rings is 2. The van der Waals surface area contributed by atoms with Gasteiger partial charge in [0.25, 0.3) is 5.91 Å². The molecule has 9 heteroatoms. The first kappa shape index (κ1) is 20.0. The smallest absolute Gasteiger partial charge is 0.336 e. The molecule has 0 aliphatic carbocycles. The molecule has 1 saturated heterocycles. The first-order valence-corrected chi connectivity index (χ1v) is 9.97. The van der Waals surface area contributed by atoms with Gasteiger partial charge in [-0.15, -0.1) is 0 Å². The average Bonchev–Trinajstić information content (AvgIpc) is 2.97. The van der Waals surface area contributed by atoms with Gasteiger partial charge in [0.15, 0.2) is 0 Å². The van der Waals surface area contributed by atoms with E-state index in [9.17, 15) is 18.8 Å². The van der Waals surface area contributed by atoms with Crippen LogP contribution in [0.2, 0.25) is 0 Å². The van der Waals surface area contributed by atoms with Crippen molar-refractivity contribution in [3.8, 4) is 0 Å².